The molecule has 376 valence electrons. The third-order valence-electron chi connectivity index (χ3n) is 14.7. The third-order valence-corrected chi connectivity index (χ3v) is 14.7. The van der Waals surface area contributed by atoms with Crippen LogP contribution >= 0.6 is 0 Å². The molecule has 0 aromatic heterocycles. The van der Waals surface area contributed by atoms with E-state index in [1.165, 1.54) is 14.0 Å². The van der Waals surface area contributed by atoms with E-state index >= 15 is 0 Å². The van der Waals surface area contributed by atoms with Gasteiger partial charge in [-0.05, 0) is 87.7 Å². The van der Waals surface area contributed by atoms with E-state index in [0.29, 0.717) is 19.5 Å². The number of rotatable bonds is 14. The Morgan fingerprint density at radius 3 is 2.25 bits per heavy atom. The molecule has 0 amide bonds. The predicted octanol–water partition coefficient (Wildman–Crippen LogP) is 0.554. The molecule has 0 aromatic carbocycles. The number of esters is 1. The normalized spacial score (nSPS) is 44.8. The second kappa shape index (κ2) is 23.9. The van der Waals surface area contributed by atoms with Crippen LogP contribution in [0.15, 0.2) is 0 Å². The minimum atomic E-state index is -1.83. The number of hydrogen-bond donors (Lipinski definition) is 7. The Kier molecular flexibility index (Phi) is 20.7. The van der Waals surface area contributed by atoms with Gasteiger partial charge < -0.3 is 74.0 Å². The Bertz CT molecular complexity index is 1410. The van der Waals surface area contributed by atoms with Crippen LogP contribution in [-0.4, -0.2) is 228 Å². The summed E-state index contributed by atoms with van der Waals surface area (Å²) in [5.74, 6) is -2.77. The number of likely N-dealkylation sites (N-methyl/N-ethyl adjacent to an activating group) is 2. The van der Waals surface area contributed by atoms with Crippen molar-refractivity contribution in [1.29, 1.82) is 0 Å². The van der Waals surface area contributed by atoms with Crippen molar-refractivity contribution in [3.63, 3.8) is 0 Å². The molecule has 19 atom stereocenters. The lowest BCUT2D eigenvalue weighted by atomic mass is 9.77. The molecule has 4 saturated heterocycles. The highest BCUT2D eigenvalue weighted by molar-refractivity contribution is 5.73. The minimum absolute atomic E-state index is 0.104. The Balaban J connectivity index is 1.67. The molecule has 4 aliphatic heterocycles. The lowest BCUT2D eigenvalue weighted by Crippen LogP contribution is -2.61. The molecule has 4 aliphatic rings. The maximum atomic E-state index is 14.4. The molecule has 18 nitrogen and oxygen atoms in total. The van der Waals surface area contributed by atoms with Gasteiger partial charge in [0.2, 0.25) is 0 Å². The zero-order chi connectivity index (χ0) is 47.9. The highest BCUT2D eigenvalue weighted by Crippen LogP contribution is 2.40. The average molecular weight is 921 g/mol. The largest absolute Gasteiger partial charge is 0.459 e. The van der Waals surface area contributed by atoms with E-state index in [2.05, 4.69) is 10.2 Å². The van der Waals surface area contributed by atoms with Gasteiger partial charge in [-0.15, -0.1) is 0 Å². The Morgan fingerprint density at radius 2 is 1.62 bits per heavy atom. The van der Waals surface area contributed by atoms with Gasteiger partial charge >= 0.3 is 5.97 Å². The van der Waals surface area contributed by atoms with Gasteiger partial charge in [0, 0.05) is 77.3 Å². The van der Waals surface area contributed by atoms with Crippen molar-refractivity contribution < 1.29 is 68.6 Å². The van der Waals surface area contributed by atoms with Crippen molar-refractivity contribution in [2.24, 2.45) is 17.8 Å². The van der Waals surface area contributed by atoms with Gasteiger partial charge in [0.1, 0.15) is 30.0 Å². The lowest BCUT2D eigenvalue weighted by molar-refractivity contribution is -0.318. The fourth-order valence-corrected chi connectivity index (χ4v) is 10.5. The van der Waals surface area contributed by atoms with Gasteiger partial charge in [-0.1, -0.05) is 20.8 Å². The summed E-state index contributed by atoms with van der Waals surface area (Å²) < 4.78 is 43.5. The molecule has 0 aliphatic carbocycles. The van der Waals surface area contributed by atoms with Crippen LogP contribution < -0.4 is 5.32 Å². The number of aliphatic hydroxyl groups excluding tert-OH is 4. The quantitative estimate of drug-likeness (QED) is 0.0934. The summed E-state index contributed by atoms with van der Waals surface area (Å²) >= 11 is 0. The number of methoxy groups -OCH3 is 1. The summed E-state index contributed by atoms with van der Waals surface area (Å²) in [6, 6.07) is -1.05. The van der Waals surface area contributed by atoms with Crippen molar-refractivity contribution in [1.82, 2.24) is 20.0 Å². The van der Waals surface area contributed by atoms with Crippen LogP contribution in [0, 0.1) is 17.8 Å². The van der Waals surface area contributed by atoms with Crippen molar-refractivity contribution in [2.45, 2.75) is 191 Å². The first-order valence-electron chi connectivity index (χ1n) is 23.8. The van der Waals surface area contributed by atoms with Crippen LogP contribution in [0.4, 0.5) is 0 Å². The van der Waals surface area contributed by atoms with E-state index in [9.17, 15) is 35.4 Å². The molecule has 4 rings (SSSR count). The average Bonchev–Trinajstić information content (AvgIpc) is 3.23. The molecule has 64 heavy (non-hydrogen) atoms. The number of aliphatic hydroxyl groups is 6. The number of nitrogens with one attached hydrogen (secondary N) is 1. The second-order valence-corrected chi connectivity index (χ2v) is 20.5. The molecule has 0 saturated carbocycles. The van der Waals surface area contributed by atoms with E-state index in [1.54, 1.807) is 41.5 Å². The van der Waals surface area contributed by atoms with Gasteiger partial charge in [-0.2, -0.15) is 0 Å². The van der Waals surface area contributed by atoms with Crippen LogP contribution in [0.3, 0.4) is 0 Å². The van der Waals surface area contributed by atoms with Crippen LogP contribution in [0.5, 0.6) is 0 Å². The molecule has 0 bridgehead atoms. The van der Waals surface area contributed by atoms with E-state index in [1.807, 2.05) is 44.7 Å². The number of ether oxygens (including phenoxy) is 7. The number of hydrogen-bond acceptors (Lipinski definition) is 18. The van der Waals surface area contributed by atoms with Crippen molar-refractivity contribution in [2.75, 3.05) is 80.2 Å². The molecule has 0 aromatic rings. The summed E-state index contributed by atoms with van der Waals surface area (Å²) in [5.41, 5.74) is -4.51. The SMILES string of the molecule is CC[C@H]1OC(=O)[C@H](C)[C@@H](O[C@H]2C[C@@](C)(OC)[C@@H](O)[C@H](C)O2)[C@H](C)[C@@H](O[C@@H]2O[C@H](C)CC(N(C)CC(O)CNCCN3CCOCC3)[C@H]2O)[C@](C)(O)C[C@@H](C)CN(C)[C@H](C)[C@@H](O)[C@]1(C)O. The van der Waals surface area contributed by atoms with Crippen LogP contribution in [0.25, 0.3) is 0 Å². The Hall–Kier alpha value is -1.17. The zero-order valence-electron chi connectivity index (χ0n) is 41.2. The summed E-state index contributed by atoms with van der Waals surface area (Å²) in [6.45, 7) is 23.4. The first kappa shape index (κ1) is 55.4. The summed E-state index contributed by atoms with van der Waals surface area (Å²) in [5, 5.41) is 73.7. The molecule has 7 N–H and O–H groups in total. The molecule has 0 spiro atoms. The zero-order valence-corrected chi connectivity index (χ0v) is 41.2. The maximum absolute atomic E-state index is 14.4. The van der Waals surface area contributed by atoms with Crippen molar-refractivity contribution in [3.05, 3.63) is 0 Å². The molecule has 4 fully saturated rings. The van der Waals surface area contributed by atoms with E-state index < -0.39 is 108 Å². The smallest absolute Gasteiger partial charge is 0.311 e. The van der Waals surface area contributed by atoms with Crippen molar-refractivity contribution in [3.8, 4) is 0 Å². The molecule has 0 radical (unpaired) electrons. The summed E-state index contributed by atoms with van der Waals surface area (Å²) in [6.07, 6.45) is -9.82. The molecule has 18 heteroatoms. The Labute approximate surface area is 383 Å². The van der Waals surface area contributed by atoms with Crippen LogP contribution in [0.2, 0.25) is 0 Å². The highest BCUT2D eigenvalue weighted by Gasteiger charge is 2.53. The van der Waals surface area contributed by atoms with Gasteiger partial charge in [0.25, 0.3) is 0 Å². The fourth-order valence-electron chi connectivity index (χ4n) is 10.5. The molecule has 2 unspecified atom stereocenters. The van der Waals surface area contributed by atoms with Gasteiger partial charge in [-0.25, -0.2) is 0 Å². The van der Waals surface area contributed by atoms with E-state index in [4.69, 9.17) is 33.2 Å². The van der Waals surface area contributed by atoms with Gasteiger partial charge in [0.05, 0.1) is 60.9 Å². The standard InChI is InChI=1S/C46H88N4O14/c1-14-35-46(10,57)39(53)31(6)48(11)25-27(2)22-44(8,56)41(29(4)38(30(5)42(55)62-35)63-36-23-45(9,58-13)40(54)32(7)61-36)64-43-37(52)34(21-28(3)60-43)49(12)26-33(51)24-47-15-16-50-17-19-59-20-18-50/h27-41,43,47,51-54,56-57H,14-26H2,1-13H3/t27-,28-,29+,30-,31-,32+,33?,34?,35-,36+,37-,38+,39-,40+,41-,43+,44-,45-,46-/m1/s1. The minimum Gasteiger partial charge on any atom is -0.459 e. The molecular formula is C46H88N4O14. The van der Waals surface area contributed by atoms with Crippen LogP contribution in [-0.2, 0) is 38.0 Å². The first-order chi connectivity index (χ1) is 29.9. The monoisotopic (exact) mass is 921 g/mol. The van der Waals surface area contributed by atoms with Gasteiger partial charge in [-0.3, -0.25) is 14.6 Å². The molecule has 4 heterocycles. The number of carbonyl (C=O) groups is 1. The number of morpholine rings is 1. The van der Waals surface area contributed by atoms with Crippen LogP contribution in [0.1, 0.15) is 94.9 Å². The summed E-state index contributed by atoms with van der Waals surface area (Å²) in [4.78, 5) is 20.6. The Morgan fingerprint density at radius 1 is 0.969 bits per heavy atom. The third kappa shape index (κ3) is 14.0. The maximum Gasteiger partial charge on any atom is 0.311 e. The highest BCUT2D eigenvalue weighted by atomic mass is 16.7. The fraction of sp³-hybridized carbons (Fsp3) is 0.978. The first-order valence-corrected chi connectivity index (χ1v) is 23.8. The second-order valence-electron chi connectivity index (χ2n) is 20.5. The lowest BCUT2D eigenvalue weighted by Gasteiger charge is -2.49. The van der Waals surface area contributed by atoms with E-state index in [0.717, 1.165) is 39.4 Å². The summed E-state index contributed by atoms with van der Waals surface area (Å²) in [7, 11) is 5.19. The topological polar surface area (TPSA) is 225 Å². The number of nitrogens with zero attached hydrogens (tertiary/aromatic N) is 3. The number of carbonyl (C=O) groups excluding carboxylic acids is 1. The van der Waals surface area contributed by atoms with E-state index in [-0.39, 0.29) is 37.8 Å². The predicted molar refractivity (Wildman–Crippen MR) is 239 cm³/mol. The van der Waals surface area contributed by atoms with Gasteiger partial charge in [0.15, 0.2) is 12.6 Å². The molecular weight excluding hydrogens is 833 g/mol. The number of cyclic esters (lactones) is 1. The van der Waals surface area contributed by atoms with Crippen molar-refractivity contribution >= 4 is 5.97 Å².